The number of ether oxygens (including phenoxy) is 1. The van der Waals surface area contributed by atoms with E-state index in [2.05, 4.69) is 0 Å². The Hall–Kier alpha value is -0.570. The van der Waals surface area contributed by atoms with Crippen LogP contribution in [-0.2, 0) is 9.16 Å². The van der Waals surface area contributed by atoms with Crippen LogP contribution in [0.5, 0.6) is 0 Å². The van der Waals surface area contributed by atoms with E-state index in [0.29, 0.717) is 19.0 Å². The zero-order chi connectivity index (χ0) is 9.19. The van der Waals surface area contributed by atoms with Crippen molar-refractivity contribution in [2.24, 2.45) is 5.92 Å². The Balaban J connectivity index is 2.58. The number of esters is 1. The van der Waals surface area contributed by atoms with Crippen LogP contribution in [0.3, 0.4) is 0 Å². The molecule has 0 aromatic rings. The van der Waals surface area contributed by atoms with Crippen LogP contribution in [0.15, 0.2) is 0 Å². The summed E-state index contributed by atoms with van der Waals surface area (Å²) >= 11 is 0. The van der Waals surface area contributed by atoms with Crippen LogP contribution >= 0.6 is 0 Å². The first-order valence-electron chi connectivity index (χ1n) is 4.27. The summed E-state index contributed by atoms with van der Waals surface area (Å²) in [6.45, 7) is 4.05. The molecule has 1 aliphatic heterocycles. The van der Waals surface area contributed by atoms with Crippen LogP contribution in [0.2, 0.25) is 0 Å². The molecular formula is C9H16O3. The predicted molar refractivity (Wildman–Crippen MR) is 43.7 cm³/mol. The van der Waals surface area contributed by atoms with Gasteiger partial charge in [-0.1, -0.05) is 13.8 Å². The number of cyclic esters (lactones) is 1. The molecule has 0 aromatic heterocycles. The summed E-state index contributed by atoms with van der Waals surface area (Å²) in [4.78, 5) is 0. The van der Waals surface area contributed by atoms with Crippen LogP contribution in [0.1, 0.15) is 26.7 Å². The van der Waals surface area contributed by atoms with Gasteiger partial charge in [0.25, 0.3) is 0 Å². The first-order valence-corrected chi connectivity index (χ1v) is 4.27. The van der Waals surface area contributed by atoms with Gasteiger partial charge in [-0.15, -0.1) is 5.60 Å². The van der Waals surface area contributed by atoms with Gasteiger partial charge in [-0.3, -0.25) is 0 Å². The number of rotatable bonds is 1. The summed E-state index contributed by atoms with van der Waals surface area (Å²) in [6.07, 6.45) is 1.48. The van der Waals surface area contributed by atoms with Crippen molar-refractivity contribution >= 4 is 5.97 Å². The van der Waals surface area contributed by atoms with Gasteiger partial charge in [0.15, 0.2) is 13.7 Å². The molecule has 1 atom stereocenters. The number of hydrogen-bond donors (Lipinski definition) is 0. The first-order chi connectivity index (χ1) is 5.54. The van der Waals surface area contributed by atoms with Gasteiger partial charge in [-0.05, 0) is 5.92 Å². The molecular weight excluding hydrogens is 156 g/mol. The zero-order valence-corrected chi connectivity index (χ0v) is 7.92. The van der Waals surface area contributed by atoms with E-state index in [0.717, 1.165) is 6.42 Å². The first kappa shape index (κ1) is 9.52. The van der Waals surface area contributed by atoms with Crippen molar-refractivity contribution in [3.63, 3.8) is 0 Å². The Morgan fingerprint density at radius 2 is 2.25 bits per heavy atom. The molecule has 3 nitrogen and oxygen atoms in total. The molecule has 3 heteroatoms. The maximum absolute atomic E-state index is 11.6. The fraction of sp³-hybridized carbons (Fsp3) is 0.889. The van der Waals surface area contributed by atoms with Gasteiger partial charge in [0.1, 0.15) is 6.42 Å². The molecule has 0 bridgehead atoms. The Labute approximate surface area is 73.0 Å². The third-order valence-electron chi connectivity index (χ3n) is 2.35. The fourth-order valence-corrected chi connectivity index (χ4v) is 1.41. The molecule has 1 saturated heterocycles. The van der Waals surface area contributed by atoms with Crippen LogP contribution in [-0.4, -0.2) is 25.3 Å². The van der Waals surface area contributed by atoms with Gasteiger partial charge < -0.3 is 14.3 Å². The van der Waals surface area contributed by atoms with Crippen molar-refractivity contribution in [3.8, 4) is 0 Å². The summed E-state index contributed by atoms with van der Waals surface area (Å²) in [5.74, 6) is 0.747. The van der Waals surface area contributed by atoms with Crippen molar-refractivity contribution in [2.45, 2.75) is 32.3 Å². The molecule has 0 spiro atoms. The molecule has 0 saturated carbocycles. The van der Waals surface area contributed by atoms with Gasteiger partial charge in [0, 0.05) is 6.42 Å². The molecule has 12 heavy (non-hydrogen) atoms. The van der Waals surface area contributed by atoms with Gasteiger partial charge in [-0.25, -0.2) is 0 Å². The van der Waals surface area contributed by atoms with E-state index in [1.54, 1.807) is 21.0 Å². The van der Waals surface area contributed by atoms with Crippen molar-refractivity contribution in [1.29, 1.82) is 0 Å². The van der Waals surface area contributed by atoms with Gasteiger partial charge >= 0.3 is 5.97 Å². The molecule has 1 fully saturated rings. The van der Waals surface area contributed by atoms with Crippen LogP contribution in [0, 0.1) is 5.92 Å². The molecule has 0 amide bonds. The maximum Gasteiger partial charge on any atom is 0.484 e. The lowest BCUT2D eigenvalue weighted by molar-refractivity contribution is -0.484. The second kappa shape index (κ2) is 3.44. The minimum Gasteiger partial charge on any atom is -0.850 e. The van der Waals surface area contributed by atoms with Crippen LogP contribution < -0.4 is 5.11 Å². The van der Waals surface area contributed by atoms with E-state index in [9.17, 15) is 5.11 Å². The molecule has 0 N–H and O–H groups in total. The van der Waals surface area contributed by atoms with E-state index >= 15 is 0 Å². The summed E-state index contributed by atoms with van der Waals surface area (Å²) in [6, 6.07) is 0. The lowest BCUT2D eigenvalue weighted by Gasteiger charge is -2.40. The number of hydrogen-bond acceptors (Lipinski definition) is 2. The highest BCUT2D eigenvalue weighted by Gasteiger charge is 2.32. The van der Waals surface area contributed by atoms with E-state index < -0.39 is 5.60 Å². The average Bonchev–Trinajstić information content (AvgIpc) is 2.03. The minimum absolute atomic E-state index is 0.140. The lowest BCUT2D eigenvalue weighted by atomic mass is 9.85. The summed E-state index contributed by atoms with van der Waals surface area (Å²) in [7, 11) is 1.58. The molecule has 1 aliphatic rings. The standard InChI is InChI=1S/C9H16O3/c1-9(2,10)7-4-5-12-8(6-7)11-3/h7H,4-6H2,1-3H3. The summed E-state index contributed by atoms with van der Waals surface area (Å²) in [5, 5.41) is 11.6. The van der Waals surface area contributed by atoms with Crippen molar-refractivity contribution < 1.29 is 14.3 Å². The largest absolute Gasteiger partial charge is 0.850 e. The smallest absolute Gasteiger partial charge is 0.484 e. The van der Waals surface area contributed by atoms with E-state index in [1.165, 1.54) is 0 Å². The van der Waals surface area contributed by atoms with Crippen molar-refractivity contribution in [3.05, 3.63) is 0 Å². The third kappa shape index (κ3) is 2.21. The maximum atomic E-state index is 11.6. The lowest BCUT2D eigenvalue weighted by Crippen LogP contribution is -2.47. The highest BCUT2D eigenvalue weighted by atomic mass is 16.6. The van der Waals surface area contributed by atoms with Crippen LogP contribution in [0.4, 0.5) is 0 Å². The van der Waals surface area contributed by atoms with E-state index in [4.69, 9.17) is 9.16 Å². The molecule has 0 aromatic carbocycles. The summed E-state index contributed by atoms with van der Waals surface area (Å²) < 4.78 is 10.2. The fourth-order valence-electron chi connectivity index (χ4n) is 1.41. The number of carbonyl (C=O) groups excluding carboxylic acids is 1. The highest BCUT2D eigenvalue weighted by Crippen LogP contribution is 2.25. The second-order valence-electron chi connectivity index (χ2n) is 3.72. The zero-order valence-electron chi connectivity index (χ0n) is 7.92. The SMILES string of the molecule is C[O+]=C1CC(C(C)(C)[O-])CCO1. The van der Waals surface area contributed by atoms with Crippen LogP contribution in [0.25, 0.3) is 0 Å². The molecule has 70 valence electrons. The molecule has 1 rings (SSSR count). The van der Waals surface area contributed by atoms with E-state index in [-0.39, 0.29) is 5.92 Å². The second-order valence-corrected chi connectivity index (χ2v) is 3.72. The molecule has 0 radical (unpaired) electrons. The summed E-state index contributed by atoms with van der Waals surface area (Å²) in [5.41, 5.74) is -0.881. The van der Waals surface area contributed by atoms with Crippen molar-refractivity contribution in [2.75, 3.05) is 13.7 Å². The minimum atomic E-state index is -0.881. The van der Waals surface area contributed by atoms with Gasteiger partial charge in [0.2, 0.25) is 0 Å². The van der Waals surface area contributed by atoms with E-state index in [1.807, 2.05) is 0 Å². The average molecular weight is 172 g/mol. The quantitative estimate of drug-likeness (QED) is 0.420. The molecule has 1 heterocycles. The predicted octanol–water partition coefficient (Wildman–Crippen LogP) is 0.244. The Morgan fingerprint density at radius 3 is 2.75 bits per heavy atom. The van der Waals surface area contributed by atoms with Crippen molar-refractivity contribution in [1.82, 2.24) is 0 Å². The monoisotopic (exact) mass is 172 g/mol. The van der Waals surface area contributed by atoms with Gasteiger partial charge in [-0.2, -0.15) is 0 Å². The Morgan fingerprint density at radius 1 is 1.58 bits per heavy atom. The highest BCUT2D eigenvalue weighted by molar-refractivity contribution is 5.70. The molecule has 0 aliphatic carbocycles. The molecule has 1 unspecified atom stereocenters. The normalized spacial score (nSPS) is 28.7. The third-order valence-corrected chi connectivity index (χ3v) is 2.35. The Bertz CT molecular complexity index is 179. The topological polar surface area (TPSA) is 43.6 Å². The van der Waals surface area contributed by atoms with Gasteiger partial charge in [0.05, 0.1) is 0 Å². The Kier molecular flexibility index (Phi) is 2.73.